The van der Waals surface area contributed by atoms with Gasteiger partial charge < -0.3 is 19.3 Å². The fourth-order valence-corrected chi connectivity index (χ4v) is 3.88. The first-order valence-corrected chi connectivity index (χ1v) is 6.89. The van der Waals surface area contributed by atoms with Crippen LogP contribution in [-0.2, 0) is 19.0 Å². The molecular weight excluding hydrogens is 236 g/mol. The van der Waals surface area contributed by atoms with Gasteiger partial charge in [0.1, 0.15) is 12.2 Å². The minimum absolute atomic E-state index is 0.185. The van der Waals surface area contributed by atoms with Crippen molar-refractivity contribution in [3.05, 3.63) is 0 Å². The molecule has 18 heavy (non-hydrogen) atoms. The highest BCUT2D eigenvalue weighted by Gasteiger charge is 2.63. The van der Waals surface area contributed by atoms with Crippen LogP contribution in [0.3, 0.4) is 0 Å². The molecule has 2 saturated carbocycles. The van der Waals surface area contributed by atoms with Crippen LogP contribution in [0, 0.1) is 0 Å². The zero-order valence-electron chi connectivity index (χ0n) is 10.3. The second kappa shape index (κ2) is 3.46. The van der Waals surface area contributed by atoms with E-state index in [0.29, 0.717) is 12.8 Å². The topological polar surface area (TPSA) is 65.0 Å². The van der Waals surface area contributed by atoms with Crippen molar-refractivity contribution in [1.29, 1.82) is 0 Å². The molecule has 0 aromatic heterocycles. The molecule has 0 unspecified atom stereocenters. The number of esters is 1. The third-order valence-corrected chi connectivity index (χ3v) is 4.78. The summed E-state index contributed by atoms with van der Waals surface area (Å²) in [4.78, 5) is 11.6. The molecule has 2 aliphatic heterocycles. The third-order valence-electron chi connectivity index (χ3n) is 4.78. The molecule has 0 aromatic carbocycles. The first kappa shape index (κ1) is 11.2. The van der Waals surface area contributed by atoms with Crippen molar-refractivity contribution in [2.75, 3.05) is 0 Å². The Kier molecular flexibility index (Phi) is 2.16. The van der Waals surface area contributed by atoms with Gasteiger partial charge in [0, 0.05) is 25.7 Å². The normalized spacial score (nSPS) is 49.2. The van der Waals surface area contributed by atoms with Crippen molar-refractivity contribution >= 4 is 5.97 Å². The van der Waals surface area contributed by atoms with Gasteiger partial charge in [-0.1, -0.05) is 6.42 Å². The summed E-state index contributed by atoms with van der Waals surface area (Å²) in [5, 5.41) is 10.2. The van der Waals surface area contributed by atoms with Crippen molar-refractivity contribution in [3.8, 4) is 0 Å². The highest BCUT2D eigenvalue weighted by Crippen LogP contribution is 2.49. The number of carbonyl (C=O) groups excluding carboxylic acids is 1. The monoisotopic (exact) mass is 254 g/mol. The van der Waals surface area contributed by atoms with Gasteiger partial charge in [0.05, 0.1) is 6.10 Å². The van der Waals surface area contributed by atoms with E-state index < -0.39 is 17.4 Å². The molecule has 5 heteroatoms. The molecule has 1 N–H and O–H groups in total. The van der Waals surface area contributed by atoms with Crippen molar-refractivity contribution in [2.24, 2.45) is 0 Å². The van der Waals surface area contributed by atoms with Crippen molar-refractivity contribution < 1.29 is 24.1 Å². The van der Waals surface area contributed by atoms with Crippen LogP contribution >= 0.6 is 0 Å². The van der Waals surface area contributed by atoms with Gasteiger partial charge in [-0.15, -0.1) is 0 Å². The molecule has 2 aliphatic carbocycles. The molecule has 4 rings (SSSR count). The fourth-order valence-electron chi connectivity index (χ4n) is 3.88. The molecule has 2 heterocycles. The Labute approximate surface area is 105 Å². The van der Waals surface area contributed by atoms with E-state index in [4.69, 9.17) is 14.2 Å². The minimum Gasteiger partial charge on any atom is -0.457 e. The quantitative estimate of drug-likeness (QED) is 0.650. The van der Waals surface area contributed by atoms with E-state index in [0.717, 1.165) is 25.7 Å². The lowest BCUT2D eigenvalue weighted by Gasteiger charge is -2.32. The number of hydrogen-bond acceptors (Lipinski definition) is 5. The Hall–Kier alpha value is -0.650. The number of carbonyl (C=O) groups is 1. The number of hydrogen-bond donors (Lipinski definition) is 1. The van der Waals surface area contributed by atoms with Crippen LogP contribution in [0.2, 0.25) is 0 Å². The highest BCUT2D eigenvalue weighted by atomic mass is 16.8. The van der Waals surface area contributed by atoms with E-state index >= 15 is 0 Å². The third kappa shape index (κ3) is 1.41. The van der Waals surface area contributed by atoms with Crippen LogP contribution in [-0.4, -0.2) is 40.8 Å². The SMILES string of the molecule is O=C1O[C@H]2C[C@@]1(O)C[C@@H]1OC3(CCCCC3)O[C@H]21. The van der Waals surface area contributed by atoms with Crippen molar-refractivity contribution in [3.63, 3.8) is 0 Å². The molecule has 0 amide bonds. The molecule has 4 aliphatic rings. The van der Waals surface area contributed by atoms with Gasteiger partial charge in [-0.05, 0) is 12.8 Å². The average Bonchev–Trinajstić information content (AvgIpc) is 2.79. The van der Waals surface area contributed by atoms with Gasteiger partial charge in [-0.2, -0.15) is 0 Å². The van der Waals surface area contributed by atoms with E-state index in [-0.39, 0.29) is 18.3 Å². The second-order valence-corrected chi connectivity index (χ2v) is 6.09. The lowest BCUT2D eigenvalue weighted by Crippen LogP contribution is -2.47. The predicted octanol–water partition coefficient (Wildman–Crippen LogP) is 0.881. The summed E-state index contributed by atoms with van der Waals surface area (Å²) in [6.45, 7) is 0. The van der Waals surface area contributed by atoms with Gasteiger partial charge in [-0.3, -0.25) is 0 Å². The number of fused-ring (bicyclic) bond motifs is 4. The molecule has 1 spiro atoms. The molecule has 4 fully saturated rings. The van der Waals surface area contributed by atoms with Gasteiger partial charge in [-0.25, -0.2) is 4.79 Å². The van der Waals surface area contributed by atoms with Crippen LogP contribution in [0.5, 0.6) is 0 Å². The average molecular weight is 254 g/mol. The summed E-state index contributed by atoms with van der Waals surface area (Å²) in [5.74, 6) is -0.979. The maximum atomic E-state index is 11.6. The number of ether oxygens (including phenoxy) is 3. The van der Waals surface area contributed by atoms with E-state index in [1.807, 2.05) is 0 Å². The van der Waals surface area contributed by atoms with E-state index in [1.54, 1.807) is 0 Å². The molecule has 2 bridgehead atoms. The maximum absolute atomic E-state index is 11.6. The Morgan fingerprint density at radius 1 is 1.06 bits per heavy atom. The zero-order valence-corrected chi connectivity index (χ0v) is 10.3. The van der Waals surface area contributed by atoms with E-state index in [2.05, 4.69) is 0 Å². The lowest BCUT2D eigenvalue weighted by molar-refractivity contribution is -0.203. The van der Waals surface area contributed by atoms with Crippen molar-refractivity contribution in [1.82, 2.24) is 0 Å². The summed E-state index contributed by atoms with van der Waals surface area (Å²) < 4.78 is 17.4. The maximum Gasteiger partial charge on any atom is 0.338 e. The smallest absolute Gasteiger partial charge is 0.338 e. The van der Waals surface area contributed by atoms with Gasteiger partial charge >= 0.3 is 5.97 Å². The van der Waals surface area contributed by atoms with Crippen molar-refractivity contribution in [2.45, 2.75) is 74.6 Å². The molecule has 100 valence electrons. The second-order valence-electron chi connectivity index (χ2n) is 6.09. The summed E-state index contributed by atoms with van der Waals surface area (Å²) >= 11 is 0. The standard InChI is InChI=1S/C13H18O5/c14-11-12(15)6-8(16-11)10-9(7-12)17-13(18-10)4-2-1-3-5-13/h8-10,15H,1-7H2/t8-,9-,10+,12+/m0/s1. The van der Waals surface area contributed by atoms with Gasteiger partial charge in [0.2, 0.25) is 0 Å². The molecule has 2 saturated heterocycles. The molecule has 4 atom stereocenters. The Balaban J connectivity index is 1.59. The van der Waals surface area contributed by atoms with Gasteiger partial charge in [0.15, 0.2) is 11.4 Å². The van der Waals surface area contributed by atoms with Crippen LogP contribution < -0.4 is 0 Å². The summed E-state index contributed by atoms with van der Waals surface area (Å²) in [7, 11) is 0. The lowest BCUT2D eigenvalue weighted by atomic mass is 9.82. The molecule has 0 radical (unpaired) electrons. The summed E-state index contributed by atoms with van der Waals surface area (Å²) in [5.41, 5.74) is -1.34. The Morgan fingerprint density at radius 2 is 1.78 bits per heavy atom. The molecule has 0 aromatic rings. The van der Waals surface area contributed by atoms with Crippen LogP contribution in [0.4, 0.5) is 0 Å². The number of rotatable bonds is 0. The van der Waals surface area contributed by atoms with Gasteiger partial charge in [0.25, 0.3) is 0 Å². The van der Waals surface area contributed by atoms with E-state index in [9.17, 15) is 9.90 Å². The van der Waals surface area contributed by atoms with Crippen LogP contribution in [0.25, 0.3) is 0 Å². The summed E-state index contributed by atoms with van der Waals surface area (Å²) in [6, 6.07) is 0. The zero-order chi connectivity index (χ0) is 12.4. The highest BCUT2D eigenvalue weighted by molar-refractivity contribution is 5.82. The largest absolute Gasteiger partial charge is 0.457 e. The first-order valence-electron chi connectivity index (χ1n) is 6.89. The van der Waals surface area contributed by atoms with Crippen LogP contribution in [0.1, 0.15) is 44.9 Å². The minimum atomic E-state index is -1.34. The molecule has 5 nitrogen and oxygen atoms in total. The fraction of sp³-hybridized carbons (Fsp3) is 0.923. The number of aliphatic hydroxyl groups is 1. The Bertz CT molecular complexity index is 389. The molecular formula is C13H18O5. The predicted molar refractivity (Wildman–Crippen MR) is 59.6 cm³/mol. The van der Waals surface area contributed by atoms with E-state index in [1.165, 1.54) is 6.42 Å². The summed E-state index contributed by atoms with van der Waals surface area (Å²) in [6.07, 6.45) is 5.25. The van der Waals surface area contributed by atoms with Crippen LogP contribution in [0.15, 0.2) is 0 Å². The Morgan fingerprint density at radius 3 is 2.56 bits per heavy atom. The first-order chi connectivity index (χ1) is 8.60.